The van der Waals surface area contributed by atoms with Crippen LogP contribution in [0.4, 0.5) is 6.01 Å². The van der Waals surface area contributed by atoms with E-state index in [2.05, 4.69) is 9.97 Å². The third kappa shape index (κ3) is 1.50. The summed E-state index contributed by atoms with van der Waals surface area (Å²) in [6.45, 7) is 0. The summed E-state index contributed by atoms with van der Waals surface area (Å²) in [6.07, 6.45) is 1.48. The van der Waals surface area contributed by atoms with Gasteiger partial charge >= 0.3 is 0 Å². The van der Waals surface area contributed by atoms with Gasteiger partial charge in [-0.2, -0.15) is 4.98 Å². The SMILES string of the molecule is CN(C)c1nc2nccc(C(N)=O)c2o1. The van der Waals surface area contributed by atoms with Crippen LogP contribution >= 0.6 is 0 Å². The molecule has 0 aromatic carbocycles. The third-order valence-electron chi connectivity index (χ3n) is 1.93. The molecule has 0 aliphatic heterocycles. The first-order chi connectivity index (χ1) is 7.09. The van der Waals surface area contributed by atoms with Gasteiger partial charge in [-0.15, -0.1) is 0 Å². The fourth-order valence-corrected chi connectivity index (χ4v) is 1.21. The van der Waals surface area contributed by atoms with Crippen LogP contribution in [0, 0.1) is 0 Å². The largest absolute Gasteiger partial charge is 0.421 e. The molecule has 2 aromatic rings. The second-order valence-corrected chi connectivity index (χ2v) is 3.27. The van der Waals surface area contributed by atoms with Crippen LogP contribution in [0.1, 0.15) is 10.4 Å². The number of hydrogen-bond acceptors (Lipinski definition) is 5. The van der Waals surface area contributed by atoms with Gasteiger partial charge in [0.2, 0.25) is 5.65 Å². The zero-order valence-corrected chi connectivity index (χ0v) is 8.39. The monoisotopic (exact) mass is 206 g/mol. The first kappa shape index (κ1) is 9.45. The number of anilines is 1. The van der Waals surface area contributed by atoms with Crippen LogP contribution < -0.4 is 10.6 Å². The fourth-order valence-electron chi connectivity index (χ4n) is 1.21. The van der Waals surface area contributed by atoms with E-state index in [1.54, 1.807) is 19.0 Å². The number of oxazole rings is 1. The minimum atomic E-state index is -0.552. The van der Waals surface area contributed by atoms with Gasteiger partial charge in [0, 0.05) is 20.3 Å². The molecule has 78 valence electrons. The molecular weight excluding hydrogens is 196 g/mol. The predicted octanol–water partition coefficient (Wildman–Crippen LogP) is 0.388. The maximum Gasteiger partial charge on any atom is 0.299 e. The molecule has 2 rings (SSSR count). The standard InChI is InChI=1S/C9H10N4O2/c1-13(2)9-12-8-6(15-9)5(7(10)14)3-4-11-8/h3-4H,1-2H3,(H2,10,14). The van der Waals surface area contributed by atoms with Gasteiger partial charge in [0.25, 0.3) is 11.9 Å². The number of carbonyl (C=O) groups excluding carboxylic acids is 1. The van der Waals surface area contributed by atoms with Gasteiger partial charge in [-0.05, 0) is 6.07 Å². The van der Waals surface area contributed by atoms with Crippen molar-refractivity contribution in [3.63, 3.8) is 0 Å². The summed E-state index contributed by atoms with van der Waals surface area (Å²) < 4.78 is 5.37. The van der Waals surface area contributed by atoms with E-state index in [-0.39, 0.29) is 0 Å². The number of pyridine rings is 1. The van der Waals surface area contributed by atoms with Gasteiger partial charge in [-0.25, -0.2) is 4.98 Å². The molecule has 0 unspecified atom stereocenters. The number of aromatic nitrogens is 2. The highest BCUT2D eigenvalue weighted by Crippen LogP contribution is 2.21. The fraction of sp³-hybridized carbons (Fsp3) is 0.222. The minimum absolute atomic E-state index is 0.292. The molecule has 0 bridgehead atoms. The van der Waals surface area contributed by atoms with Crippen molar-refractivity contribution < 1.29 is 9.21 Å². The first-order valence-electron chi connectivity index (χ1n) is 4.32. The van der Waals surface area contributed by atoms with E-state index < -0.39 is 5.91 Å². The molecule has 0 radical (unpaired) electrons. The van der Waals surface area contributed by atoms with Gasteiger partial charge in [0.1, 0.15) is 0 Å². The number of hydrogen-bond donors (Lipinski definition) is 1. The molecule has 0 saturated heterocycles. The quantitative estimate of drug-likeness (QED) is 0.768. The van der Waals surface area contributed by atoms with Gasteiger partial charge in [0.05, 0.1) is 5.56 Å². The molecule has 6 nitrogen and oxygen atoms in total. The zero-order chi connectivity index (χ0) is 11.0. The summed E-state index contributed by atoms with van der Waals surface area (Å²) in [5.41, 5.74) is 6.20. The van der Waals surface area contributed by atoms with Gasteiger partial charge in [-0.3, -0.25) is 4.79 Å². The minimum Gasteiger partial charge on any atom is -0.421 e. The maximum absolute atomic E-state index is 11.1. The second kappa shape index (κ2) is 3.23. The molecule has 0 atom stereocenters. The van der Waals surface area contributed by atoms with Gasteiger partial charge in [-0.1, -0.05) is 0 Å². The lowest BCUT2D eigenvalue weighted by Crippen LogP contribution is -2.11. The normalized spacial score (nSPS) is 10.5. The topological polar surface area (TPSA) is 85.3 Å². The van der Waals surface area contributed by atoms with Gasteiger partial charge < -0.3 is 15.1 Å². The van der Waals surface area contributed by atoms with Crippen LogP contribution in [0.25, 0.3) is 11.2 Å². The number of amides is 1. The maximum atomic E-state index is 11.1. The van der Waals surface area contributed by atoms with Crippen molar-refractivity contribution in [2.24, 2.45) is 5.73 Å². The van der Waals surface area contributed by atoms with Crippen LogP contribution in [0.5, 0.6) is 0 Å². The Morgan fingerprint density at radius 1 is 1.53 bits per heavy atom. The zero-order valence-electron chi connectivity index (χ0n) is 8.39. The predicted molar refractivity (Wildman–Crippen MR) is 54.6 cm³/mol. The lowest BCUT2D eigenvalue weighted by molar-refractivity contribution is 0.100. The molecule has 6 heteroatoms. The third-order valence-corrected chi connectivity index (χ3v) is 1.93. The lowest BCUT2D eigenvalue weighted by atomic mass is 10.2. The Bertz CT molecular complexity index is 518. The molecule has 2 aromatic heterocycles. The summed E-state index contributed by atoms with van der Waals surface area (Å²) in [7, 11) is 3.57. The molecule has 0 fully saturated rings. The number of rotatable bonds is 2. The molecule has 2 N–H and O–H groups in total. The first-order valence-corrected chi connectivity index (χ1v) is 4.32. The van der Waals surface area contributed by atoms with Crippen LogP contribution in [0.15, 0.2) is 16.7 Å². The molecule has 0 aliphatic rings. The van der Waals surface area contributed by atoms with Crippen LogP contribution in [-0.2, 0) is 0 Å². The molecule has 0 saturated carbocycles. The van der Waals surface area contributed by atoms with Crippen molar-refractivity contribution in [1.82, 2.24) is 9.97 Å². The molecule has 2 heterocycles. The summed E-state index contributed by atoms with van der Waals surface area (Å²) in [6, 6.07) is 1.90. The van der Waals surface area contributed by atoms with E-state index in [1.165, 1.54) is 12.3 Å². The molecule has 15 heavy (non-hydrogen) atoms. The Morgan fingerprint density at radius 3 is 2.87 bits per heavy atom. The Hall–Kier alpha value is -2.11. The molecule has 0 aliphatic carbocycles. The van der Waals surface area contributed by atoms with E-state index in [1.807, 2.05) is 0 Å². The average molecular weight is 206 g/mol. The Balaban J connectivity index is 2.70. The highest BCUT2D eigenvalue weighted by molar-refractivity contribution is 6.02. The second-order valence-electron chi connectivity index (χ2n) is 3.27. The summed E-state index contributed by atoms with van der Waals surface area (Å²) >= 11 is 0. The van der Waals surface area contributed by atoms with Crippen molar-refractivity contribution >= 4 is 23.2 Å². The smallest absolute Gasteiger partial charge is 0.299 e. The number of primary amides is 1. The summed E-state index contributed by atoms with van der Waals surface area (Å²) in [5, 5.41) is 0. The number of carbonyl (C=O) groups is 1. The van der Waals surface area contributed by atoms with E-state index >= 15 is 0 Å². The lowest BCUT2D eigenvalue weighted by Gasteiger charge is -2.03. The van der Waals surface area contributed by atoms with Crippen molar-refractivity contribution in [2.75, 3.05) is 19.0 Å². The van der Waals surface area contributed by atoms with Crippen molar-refractivity contribution in [3.05, 3.63) is 17.8 Å². The highest BCUT2D eigenvalue weighted by Gasteiger charge is 2.14. The number of fused-ring (bicyclic) bond motifs is 1. The summed E-state index contributed by atoms with van der Waals surface area (Å²) in [4.78, 5) is 20.9. The van der Waals surface area contributed by atoms with Crippen LogP contribution in [0.2, 0.25) is 0 Å². The van der Waals surface area contributed by atoms with E-state index in [0.717, 1.165) is 0 Å². The number of nitrogens with zero attached hydrogens (tertiary/aromatic N) is 3. The Morgan fingerprint density at radius 2 is 2.27 bits per heavy atom. The Kier molecular flexibility index (Phi) is 2.03. The Labute approximate surface area is 85.7 Å². The van der Waals surface area contributed by atoms with E-state index in [9.17, 15) is 4.79 Å². The van der Waals surface area contributed by atoms with Crippen LogP contribution in [-0.4, -0.2) is 30.0 Å². The number of nitrogens with two attached hydrogens (primary N) is 1. The van der Waals surface area contributed by atoms with Crippen molar-refractivity contribution in [3.8, 4) is 0 Å². The van der Waals surface area contributed by atoms with Crippen LogP contribution in [0.3, 0.4) is 0 Å². The molecule has 1 amide bonds. The van der Waals surface area contributed by atoms with E-state index in [0.29, 0.717) is 22.8 Å². The van der Waals surface area contributed by atoms with Crippen molar-refractivity contribution in [2.45, 2.75) is 0 Å². The van der Waals surface area contributed by atoms with E-state index in [4.69, 9.17) is 10.2 Å². The average Bonchev–Trinajstić information content (AvgIpc) is 2.60. The van der Waals surface area contributed by atoms with Crippen molar-refractivity contribution in [1.29, 1.82) is 0 Å². The highest BCUT2D eigenvalue weighted by atomic mass is 16.4. The summed E-state index contributed by atoms with van der Waals surface area (Å²) in [5.74, 6) is -0.552. The van der Waals surface area contributed by atoms with Gasteiger partial charge in [0.15, 0.2) is 5.58 Å². The molecular formula is C9H10N4O2. The molecule has 0 spiro atoms.